The standard InChI is InChI=1S/C19H10Cl3N3OS/c20-13-6-4-11(5-7-13)19-24-14(10-27-19)8-12(9-23)18(26)25-17-15(21)2-1-3-16(17)22/h1-8,10H,(H,25,26)/b12-8+. The molecule has 0 saturated heterocycles. The van der Waals surface area contributed by atoms with E-state index in [1.165, 1.54) is 17.4 Å². The van der Waals surface area contributed by atoms with Gasteiger partial charge in [0.05, 0.1) is 21.4 Å². The molecule has 1 heterocycles. The van der Waals surface area contributed by atoms with Crippen LogP contribution >= 0.6 is 46.1 Å². The van der Waals surface area contributed by atoms with Crippen molar-refractivity contribution in [1.29, 1.82) is 5.26 Å². The maximum absolute atomic E-state index is 12.4. The second-order valence-electron chi connectivity index (χ2n) is 5.31. The van der Waals surface area contributed by atoms with Crippen LogP contribution in [0, 0.1) is 11.3 Å². The molecular formula is C19H10Cl3N3OS. The molecule has 0 fully saturated rings. The molecule has 0 aliphatic rings. The molecule has 0 atom stereocenters. The fourth-order valence-electron chi connectivity index (χ4n) is 2.17. The van der Waals surface area contributed by atoms with Crippen LogP contribution in [-0.2, 0) is 4.79 Å². The molecule has 0 saturated carbocycles. The second kappa shape index (κ2) is 8.55. The minimum absolute atomic E-state index is 0.112. The number of para-hydroxylation sites is 1. The summed E-state index contributed by atoms with van der Waals surface area (Å²) in [4.78, 5) is 16.8. The van der Waals surface area contributed by atoms with Gasteiger partial charge in [-0.25, -0.2) is 4.98 Å². The van der Waals surface area contributed by atoms with Gasteiger partial charge in [0.25, 0.3) is 5.91 Å². The molecule has 0 radical (unpaired) electrons. The van der Waals surface area contributed by atoms with Crippen molar-refractivity contribution in [3.63, 3.8) is 0 Å². The molecule has 8 heteroatoms. The summed E-state index contributed by atoms with van der Waals surface area (Å²) in [5.41, 5.74) is 1.54. The summed E-state index contributed by atoms with van der Waals surface area (Å²) in [5, 5.41) is 15.6. The van der Waals surface area contributed by atoms with E-state index >= 15 is 0 Å². The highest BCUT2D eigenvalue weighted by Crippen LogP contribution is 2.30. The minimum Gasteiger partial charge on any atom is -0.319 e. The summed E-state index contributed by atoms with van der Waals surface area (Å²) in [7, 11) is 0. The molecule has 1 N–H and O–H groups in total. The number of thiazole rings is 1. The first kappa shape index (κ1) is 19.4. The fourth-order valence-corrected chi connectivity index (χ4v) is 3.57. The third-order valence-electron chi connectivity index (χ3n) is 3.47. The lowest BCUT2D eigenvalue weighted by Crippen LogP contribution is -2.14. The summed E-state index contributed by atoms with van der Waals surface area (Å²) < 4.78 is 0. The van der Waals surface area contributed by atoms with Gasteiger partial charge < -0.3 is 5.32 Å². The molecule has 27 heavy (non-hydrogen) atoms. The highest BCUT2D eigenvalue weighted by molar-refractivity contribution is 7.13. The summed E-state index contributed by atoms with van der Waals surface area (Å²) >= 11 is 19.4. The van der Waals surface area contributed by atoms with Crippen molar-refractivity contribution in [2.24, 2.45) is 0 Å². The highest BCUT2D eigenvalue weighted by atomic mass is 35.5. The van der Waals surface area contributed by atoms with Gasteiger partial charge in [-0.1, -0.05) is 53.0 Å². The number of nitrogens with zero attached hydrogens (tertiary/aromatic N) is 2. The van der Waals surface area contributed by atoms with Gasteiger partial charge in [0, 0.05) is 16.0 Å². The Labute approximate surface area is 174 Å². The van der Waals surface area contributed by atoms with Crippen molar-refractivity contribution in [2.75, 3.05) is 5.32 Å². The number of nitrogens with one attached hydrogen (secondary N) is 1. The van der Waals surface area contributed by atoms with Gasteiger partial charge in [-0.05, 0) is 30.3 Å². The van der Waals surface area contributed by atoms with E-state index in [0.29, 0.717) is 10.7 Å². The van der Waals surface area contributed by atoms with Crippen LogP contribution in [0.15, 0.2) is 53.4 Å². The van der Waals surface area contributed by atoms with Gasteiger partial charge in [0.15, 0.2) is 0 Å². The summed E-state index contributed by atoms with van der Waals surface area (Å²) in [6.07, 6.45) is 1.41. The van der Waals surface area contributed by atoms with Crippen molar-refractivity contribution in [1.82, 2.24) is 4.98 Å². The van der Waals surface area contributed by atoms with E-state index in [1.807, 2.05) is 18.2 Å². The Bertz CT molecular complexity index is 1050. The number of halogens is 3. The van der Waals surface area contributed by atoms with Crippen LogP contribution in [0.3, 0.4) is 0 Å². The first-order valence-electron chi connectivity index (χ1n) is 7.56. The fraction of sp³-hybridized carbons (Fsp3) is 0. The maximum atomic E-state index is 12.4. The third kappa shape index (κ3) is 4.68. The SMILES string of the molecule is N#C/C(=C\c1csc(-c2ccc(Cl)cc2)n1)C(=O)Nc1c(Cl)cccc1Cl. The van der Waals surface area contributed by atoms with E-state index in [1.54, 1.807) is 35.7 Å². The zero-order chi connectivity index (χ0) is 19.4. The van der Waals surface area contributed by atoms with Gasteiger partial charge in [-0.15, -0.1) is 11.3 Å². The lowest BCUT2D eigenvalue weighted by molar-refractivity contribution is -0.112. The van der Waals surface area contributed by atoms with Crippen LogP contribution < -0.4 is 5.32 Å². The molecule has 2 aromatic carbocycles. The number of hydrogen-bond donors (Lipinski definition) is 1. The highest BCUT2D eigenvalue weighted by Gasteiger charge is 2.14. The van der Waals surface area contributed by atoms with Crippen molar-refractivity contribution < 1.29 is 4.79 Å². The number of hydrogen-bond acceptors (Lipinski definition) is 4. The molecule has 1 amide bonds. The monoisotopic (exact) mass is 433 g/mol. The number of rotatable bonds is 4. The van der Waals surface area contributed by atoms with Crippen LogP contribution in [0.1, 0.15) is 5.69 Å². The Morgan fingerprint density at radius 3 is 2.41 bits per heavy atom. The van der Waals surface area contributed by atoms with Crippen LogP contribution in [0.2, 0.25) is 15.1 Å². The Morgan fingerprint density at radius 1 is 1.11 bits per heavy atom. The summed E-state index contributed by atoms with van der Waals surface area (Å²) in [5.74, 6) is -0.617. The largest absolute Gasteiger partial charge is 0.319 e. The Hall–Kier alpha value is -2.36. The summed E-state index contributed by atoms with van der Waals surface area (Å²) in [6.45, 7) is 0. The summed E-state index contributed by atoms with van der Waals surface area (Å²) in [6, 6.07) is 14.0. The molecule has 0 spiro atoms. The molecule has 0 unspecified atom stereocenters. The molecule has 0 aliphatic heterocycles. The first-order valence-corrected chi connectivity index (χ1v) is 9.58. The number of benzene rings is 2. The van der Waals surface area contributed by atoms with Gasteiger partial charge in [-0.2, -0.15) is 5.26 Å². The molecule has 4 nitrogen and oxygen atoms in total. The predicted molar refractivity (Wildman–Crippen MR) is 111 cm³/mol. The number of carbonyl (C=O) groups excluding carboxylic acids is 1. The van der Waals surface area contributed by atoms with E-state index < -0.39 is 5.91 Å². The van der Waals surface area contributed by atoms with Crippen LogP contribution in [0.25, 0.3) is 16.6 Å². The van der Waals surface area contributed by atoms with Crippen LogP contribution in [0.5, 0.6) is 0 Å². The second-order valence-corrected chi connectivity index (χ2v) is 7.41. The molecule has 1 aromatic heterocycles. The average molecular weight is 435 g/mol. The van der Waals surface area contributed by atoms with Gasteiger partial charge in [0.2, 0.25) is 0 Å². The Morgan fingerprint density at radius 2 is 1.78 bits per heavy atom. The Kier molecular flexibility index (Phi) is 6.15. The quantitative estimate of drug-likeness (QED) is 0.386. The molecule has 0 aliphatic carbocycles. The number of nitriles is 1. The first-order chi connectivity index (χ1) is 13.0. The van der Waals surface area contributed by atoms with Crippen molar-refractivity contribution in [3.8, 4) is 16.6 Å². The predicted octanol–water partition coefficient (Wildman–Crippen LogP) is 6.32. The van der Waals surface area contributed by atoms with Crippen molar-refractivity contribution in [2.45, 2.75) is 0 Å². The van der Waals surface area contributed by atoms with E-state index in [0.717, 1.165) is 10.6 Å². The van der Waals surface area contributed by atoms with E-state index in [2.05, 4.69) is 10.3 Å². The minimum atomic E-state index is -0.617. The molecule has 3 aromatic rings. The van der Waals surface area contributed by atoms with Crippen LogP contribution in [-0.4, -0.2) is 10.9 Å². The average Bonchev–Trinajstić information content (AvgIpc) is 3.12. The zero-order valence-electron chi connectivity index (χ0n) is 13.5. The molecular weight excluding hydrogens is 425 g/mol. The van der Waals surface area contributed by atoms with Crippen molar-refractivity contribution in [3.05, 3.63) is 74.2 Å². The maximum Gasteiger partial charge on any atom is 0.266 e. The van der Waals surface area contributed by atoms with Crippen LogP contribution in [0.4, 0.5) is 5.69 Å². The van der Waals surface area contributed by atoms with Gasteiger partial charge in [0.1, 0.15) is 16.6 Å². The number of amides is 1. The van der Waals surface area contributed by atoms with Crippen molar-refractivity contribution >= 4 is 63.8 Å². The lowest BCUT2D eigenvalue weighted by atomic mass is 10.2. The number of anilines is 1. The molecule has 3 rings (SSSR count). The normalized spacial score (nSPS) is 11.1. The Balaban J connectivity index is 1.83. The lowest BCUT2D eigenvalue weighted by Gasteiger charge is -2.08. The zero-order valence-corrected chi connectivity index (χ0v) is 16.6. The van der Waals surface area contributed by atoms with Gasteiger partial charge >= 0.3 is 0 Å². The molecule has 134 valence electrons. The smallest absolute Gasteiger partial charge is 0.266 e. The van der Waals surface area contributed by atoms with E-state index in [9.17, 15) is 10.1 Å². The van der Waals surface area contributed by atoms with Gasteiger partial charge in [-0.3, -0.25) is 4.79 Å². The van der Waals surface area contributed by atoms with E-state index in [4.69, 9.17) is 34.8 Å². The molecule has 0 bridgehead atoms. The number of aromatic nitrogens is 1. The number of carbonyl (C=O) groups is 1. The topological polar surface area (TPSA) is 65.8 Å². The third-order valence-corrected chi connectivity index (χ3v) is 5.26. The van der Waals surface area contributed by atoms with E-state index in [-0.39, 0.29) is 21.3 Å².